The normalized spacial score (nSPS) is 21.5. The Balaban J connectivity index is 1.71. The molecular weight excluding hydrogens is 302 g/mol. The highest BCUT2D eigenvalue weighted by atomic mass is 35.5. The maximum atomic E-state index is 9.89. The summed E-state index contributed by atoms with van der Waals surface area (Å²) in [6, 6.07) is 7.83. The first-order valence-corrected chi connectivity index (χ1v) is 7.44. The van der Waals surface area contributed by atoms with Crippen molar-refractivity contribution in [2.45, 2.75) is 12.1 Å². The minimum absolute atomic E-state index is 0.118. The van der Waals surface area contributed by atoms with E-state index in [9.17, 15) is 5.11 Å². The van der Waals surface area contributed by atoms with Gasteiger partial charge >= 0.3 is 0 Å². The molecule has 6 heteroatoms. The van der Waals surface area contributed by atoms with Crippen LogP contribution in [0.5, 0.6) is 0 Å². The fourth-order valence-electron chi connectivity index (χ4n) is 2.75. The third kappa shape index (κ3) is 2.37. The smallest absolute Gasteiger partial charge is 0.129 e. The van der Waals surface area contributed by atoms with E-state index in [0.29, 0.717) is 18.4 Å². The predicted octanol–water partition coefficient (Wildman–Crippen LogP) is 2.68. The summed E-state index contributed by atoms with van der Waals surface area (Å²) in [7, 11) is 0. The van der Waals surface area contributed by atoms with Gasteiger partial charge in [0, 0.05) is 23.3 Å². The van der Waals surface area contributed by atoms with Gasteiger partial charge in [-0.15, -0.1) is 0 Å². The molecule has 5 nitrogen and oxygen atoms in total. The summed E-state index contributed by atoms with van der Waals surface area (Å²) in [6.45, 7) is 0.850. The lowest BCUT2D eigenvalue weighted by atomic mass is 10.1. The average molecular weight is 316 g/mol. The molecule has 0 saturated carbocycles. The maximum Gasteiger partial charge on any atom is 0.129 e. The fourth-order valence-corrected chi connectivity index (χ4v) is 2.91. The number of aromatic nitrogens is 3. The van der Waals surface area contributed by atoms with Crippen molar-refractivity contribution in [3.63, 3.8) is 0 Å². The Labute approximate surface area is 132 Å². The number of fused-ring (bicyclic) bond motifs is 1. The van der Waals surface area contributed by atoms with Crippen molar-refractivity contribution in [2.75, 3.05) is 13.2 Å². The Morgan fingerprint density at radius 2 is 2.05 bits per heavy atom. The van der Waals surface area contributed by atoms with Gasteiger partial charge < -0.3 is 9.84 Å². The molecule has 2 atom stereocenters. The van der Waals surface area contributed by atoms with Crippen LogP contribution >= 0.6 is 11.6 Å². The standard InChI is InChI=1S/C16H14ClN3O2/c17-16-4-12-3-10(1-2-11(12)5-18-16)13-6-19-20(7-13)14-8-22-9-15(14)21/h1-7,14-15,21H,8-9H2. The molecule has 0 bridgehead atoms. The maximum absolute atomic E-state index is 9.89. The van der Waals surface area contributed by atoms with Crippen molar-refractivity contribution in [1.29, 1.82) is 0 Å². The van der Waals surface area contributed by atoms with Crippen LogP contribution in [0.2, 0.25) is 5.15 Å². The summed E-state index contributed by atoms with van der Waals surface area (Å²) in [5.74, 6) is 0. The largest absolute Gasteiger partial charge is 0.388 e. The quantitative estimate of drug-likeness (QED) is 0.739. The lowest BCUT2D eigenvalue weighted by Crippen LogP contribution is -2.22. The Hall–Kier alpha value is -1.95. The van der Waals surface area contributed by atoms with Crippen molar-refractivity contribution in [2.24, 2.45) is 0 Å². The van der Waals surface area contributed by atoms with Crippen molar-refractivity contribution in [3.05, 3.63) is 48.0 Å². The van der Waals surface area contributed by atoms with Crippen LogP contribution < -0.4 is 0 Å². The highest BCUT2D eigenvalue weighted by Gasteiger charge is 2.28. The molecule has 1 aliphatic rings. The van der Waals surface area contributed by atoms with Crippen LogP contribution in [0.3, 0.4) is 0 Å². The average Bonchev–Trinajstić information content (AvgIpc) is 3.15. The van der Waals surface area contributed by atoms with Crippen LogP contribution in [0.15, 0.2) is 42.9 Å². The second-order valence-electron chi connectivity index (χ2n) is 5.45. The van der Waals surface area contributed by atoms with Crippen molar-refractivity contribution in [3.8, 4) is 11.1 Å². The fraction of sp³-hybridized carbons (Fsp3) is 0.250. The Kier molecular flexibility index (Phi) is 3.33. The minimum Gasteiger partial charge on any atom is -0.388 e. The third-order valence-electron chi connectivity index (χ3n) is 3.98. The number of nitrogens with zero attached hydrogens (tertiary/aromatic N) is 3. The molecule has 1 saturated heterocycles. The number of hydrogen-bond donors (Lipinski definition) is 1. The van der Waals surface area contributed by atoms with Crippen LogP contribution in [0.25, 0.3) is 21.9 Å². The minimum atomic E-state index is -0.505. The molecule has 4 rings (SSSR count). The van der Waals surface area contributed by atoms with E-state index in [1.54, 1.807) is 17.1 Å². The van der Waals surface area contributed by atoms with Gasteiger partial charge in [0.25, 0.3) is 0 Å². The van der Waals surface area contributed by atoms with Gasteiger partial charge in [-0.2, -0.15) is 5.10 Å². The number of rotatable bonds is 2. The van der Waals surface area contributed by atoms with Crippen LogP contribution in [-0.2, 0) is 4.74 Å². The first-order chi connectivity index (χ1) is 10.7. The lowest BCUT2D eigenvalue weighted by Gasteiger charge is -2.12. The van der Waals surface area contributed by atoms with Gasteiger partial charge in [-0.1, -0.05) is 23.7 Å². The molecule has 112 valence electrons. The van der Waals surface area contributed by atoms with Gasteiger partial charge in [0.05, 0.1) is 19.4 Å². The zero-order valence-corrected chi connectivity index (χ0v) is 12.4. The van der Waals surface area contributed by atoms with Gasteiger partial charge in [-0.3, -0.25) is 4.68 Å². The van der Waals surface area contributed by atoms with E-state index in [1.807, 2.05) is 24.4 Å². The summed E-state index contributed by atoms with van der Waals surface area (Å²) in [5, 5.41) is 16.8. The molecule has 2 unspecified atom stereocenters. The zero-order valence-electron chi connectivity index (χ0n) is 11.7. The number of aliphatic hydroxyl groups excluding tert-OH is 1. The number of ether oxygens (including phenoxy) is 1. The number of hydrogen-bond acceptors (Lipinski definition) is 4. The molecule has 0 radical (unpaired) electrons. The Bertz CT molecular complexity index is 833. The number of benzene rings is 1. The van der Waals surface area contributed by atoms with E-state index < -0.39 is 6.10 Å². The van der Waals surface area contributed by atoms with E-state index in [4.69, 9.17) is 16.3 Å². The van der Waals surface area contributed by atoms with Gasteiger partial charge in [-0.05, 0) is 23.1 Å². The molecule has 0 spiro atoms. The topological polar surface area (TPSA) is 60.2 Å². The summed E-state index contributed by atoms with van der Waals surface area (Å²) in [5.41, 5.74) is 2.04. The summed E-state index contributed by atoms with van der Waals surface area (Å²) >= 11 is 5.95. The van der Waals surface area contributed by atoms with Crippen molar-refractivity contribution < 1.29 is 9.84 Å². The number of aliphatic hydroxyl groups is 1. The predicted molar refractivity (Wildman–Crippen MR) is 83.8 cm³/mol. The molecule has 2 aromatic heterocycles. The van der Waals surface area contributed by atoms with E-state index in [-0.39, 0.29) is 6.04 Å². The molecule has 0 aliphatic carbocycles. The van der Waals surface area contributed by atoms with E-state index >= 15 is 0 Å². The van der Waals surface area contributed by atoms with Gasteiger partial charge in [0.2, 0.25) is 0 Å². The van der Waals surface area contributed by atoms with Crippen molar-refractivity contribution in [1.82, 2.24) is 14.8 Å². The number of halogens is 1. The Morgan fingerprint density at radius 3 is 2.86 bits per heavy atom. The molecule has 1 aromatic carbocycles. The molecular formula is C16H14ClN3O2. The van der Waals surface area contributed by atoms with Crippen LogP contribution in [-0.4, -0.2) is 39.2 Å². The number of pyridine rings is 1. The molecule has 1 N–H and O–H groups in total. The first kappa shape index (κ1) is 13.7. The van der Waals surface area contributed by atoms with Gasteiger partial charge in [-0.25, -0.2) is 4.98 Å². The van der Waals surface area contributed by atoms with E-state index in [1.165, 1.54) is 0 Å². The van der Waals surface area contributed by atoms with Gasteiger partial charge in [0.1, 0.15) is 17.3 Å². The Morgan fingerprint density at radius 1 is 1.14 bits per heavy atom. The van der Waals surface area contributed by atoms with Gasteiger partial charge in [0.15, 0.2) is 0 Å². The van der Waals surface area contributed by atoms with Crippen LogP contribution in [0.4, 0.5) is 0 Å². The summed E-state index contributed by atoms with van der Waals surface area (Å²) < 4.78 is 7.05. The molecule has 3 heterocycles. The van der Waals surface area contributed by atoms with Crippen LogP contribution in [0, 0.1) is 0 Å². The molecule has 3 aromatic rings. The molecule has 1 aliphatic heterocycles. The highest BCUT2D eigenvalue weighted by Crippen LogP contribution is 2.27. The zero-order chi connectivity index (χ0) is 15.1. The first-order valence-electron chi connectivity index (χ1n) is 7.06. The summed E-state index contributed by atoms with van der Waals surface area (Å²) in [6.07, 6.45) is 4.99. The highest BCUT2D eigenvalue weighted by molar-refractivity contribution is 6.30. The molecule has 1 fully saturated rings. The third-order valence-corrected chi connectivity index (χ3v) is 4.19. The van der Waals surface area contributed by atoms with Crippen molar-refractivity contribution >= 4 is 22.4 Å². The summed E-state index contributed by atoms with van der Waals surface area (Å²) in [4.78, 5) is 4.08. The SMILES string of the molecule is OC1COCC1n1cc(-c2ccc3cnc(Cl)cc3c2)cn1. The van der Waals surface area contributed by atoms with E-state index in [0.717, 1.165) is 21.9 Å². The monoisotopic (exact) mass is 315 g/mol. The van der Waals surface area contributed by atoms with Crippen LogP contribution in [0.1, 0.15) is 6.04 Å². The molecule has 22 heavy (non-hydrogen) atoms. The molecule has 0 amide bonds. The second-order valence-corrected chi connectivity index (χ2v) is 5.84. The second kappa shape index (κ2) is 5.35. The van der Waals surface area contributed by atoms with E-state index in [2.05, 4.69) is 16.1 Å². The lowest BCUT2D eigenvalue weighted by molar-refractivity contribution is 0.118.